The van der Waals surface area contributed by atoms with E-state index in [9.17, 15) is 8.42 Å². The molecule has 112 valence electrons. The third-order valence-corrected chi connectivity index (χ3v) is 5.16. The molecule has 0 aliphatic carbocycles. The van der Waals surface area contributed by atoms with Gasteiger partial charge < -0.3 is 4.90 Å². The van der Waals surface area contributed by atoms with Crippen molar-refractivity contribution in [3.8, 4) is 0 Å². The SMILES string of the molecule is CN(C)c1ccccc1NS(=O)(=O)c1ccc(Br)cc1Cl. The molecule has 0 radical (unpaired) electrons. The molecular formula is C14H14BrClN2O2S. The van der Waals surface area contributed by atoms with E-state index in [1.165, 1.54) is 6.07 Å². The van der Waals surface area contributed by atoms with Crippen LogP contribution in [0.15, 0.2) is 51.8 Å². The first-order chi connectivity index (χ1) is 9.81. The first-order valence-corrected chi connectivity index (χ1v) is 8.71. The Labute approximate surface area is 137 Å². The van der Waals surface area contributed by atoms with E-state index in [1.54, 1.807) is 24.3 Å². The molecule has 0 aliphatic rings. The number of hydrogen-bond donors (Lipinski definition) is 1. The largest absolute Gasteiger partial charge is 0.376 e. The van der Waals surface area contributed by atoms with Crippen molar-refractivity contribution in [2.45, 2.75) is 4.90 Å². The molecule has 7 heteroatoms. The molecule has 4 nitrogen and oxygen atoms in total. The lowest BCUT2D eigenvalue weighted by atomic mass is 10.2. The Balaban J connectivity index is 2.43. The van der Waals surface area contributed by atoms with Crippen LogP contribution in [-0.4, -0.2) is 22.5 Å². The summed E-state index contributed by atoms with van der Waals surface area (Å²) in [4.78, 5) is 1.88. The van der Waals surface area contributed by atoms with Crippen LogP contribution in [0, 0.1) is 0 Å². The Bertz CT molecular complexity index is 763. The first kappa shape index (κ1) is 16.1. The third kappa shape index (κ3) is 3.70. The van der Waals surface area contributed by atoms with Gasteiger partial charge in [0.1, 0.15) is 4.90 Å². The molecule has 0 atom stereocenters. The molecule has 0 unspecified atom stereocenters. The molecule has 2 rings (SSSR count). The average molecular weight is 390 g/mol. The van der Waals surface area contributed by atoms with E-state index in [0.717, 1.165) is 10.2 Å². The van der Waals surface area contributed by atoms with E-state index in [1.807, 2.05) is 31.1 Å². The van der Waals surface area contributed by atoms with E-state index in [0.29, 0.717) is 5.69 Å². The van der Waals surface area contributed by atoms with Crippen LogP contribution in [0.5, 0.6) is 0 Å². The van der Waals surface area contributed by atoms with Crippen molar-refractivity contribution >= 4 is 48.9 Å². The number of benzene rings is 2. The van der Waals surface area contributed by atoms with Gasteiger partial charge in [-0.25, -0.2) is 8.42 Å². The van der Waals surface area contributed by atoms with E-state index >= 15 is 0 Å². The Morgan fingerprint density at radius 3 is 2.43 bits per heavy atom. The zero-order valence-corrected chi connectivity index (χ0v) is 14.6. The summed E-state index contributed by atoms with van der Waals surface area (Å²) in [5.41, 5.74) is 1.27. The van der Waals surface area contributed by atoms with Gasteiger partial charge in [-0.05, 0) is 30.3 Å². The van der Waals surface area contributed by atoms with E-state index in [4.69, 9.17) is 11.6 Å². The predicted molar refractivity (Wildman–Crippen MR) is 90.7 cm³/mol. The second-order valence-electron chi connectivity index (χ2n) is 4.59. The standard InChI is InChI=1S/C14H14BrClN2O2S/c1-18(2)13-6-4-3-5-12(13)17-21(19,20)14-8-7-10(15)9-11(14)16/h3-9,17H,1-2H3. The van der Waals surface area contributed by atoms with Crippen LogP contribution >= 0.6 is 27.5 Å². The van der Waals surface area contributed by atoms with Crippen LogP contribution in [0.3, 0.4) is 0 Å². The minimum absolute atomic E-state index is 0.0425. The Morgan fingerprint density at radius 2 is 1.81 bits per heavy atom. The Kier molecular flexibility index (Phi) is 4.81. The molecule has 0 amide bonds. The molecule has 0 aromatic heterocycles. The zero-order valence-electron chi connectivity index (χ0n) is 11.5. The number of hydrogen-bond acceptors (Lipinski definition) is 3. The maximum Gasteiger partial charge on any atom is 0.263 e. The molecule has 0 spiro atoms. The van der Waals surface area contributed by atoms with Crippen LogP contribution in [0.25, 0.3) is 0 Å². The molecule has 0 fully saturated rings. The smallest absolute Gasteiger partial charge is 0.263 e. The van der Waals surface area contributed by atoms with Crippen LogP contribution in [0.1, 0.15) is 0 Å². The first-order valence-electron chi connectivity index (χ1n) is 6.05. The number of para-hydroxylation sites is 2. The quantitative estimate of drug-likeness (QED) is 0.861. The van der Waals surface area contributed by atoms with Crippen LogP contribution in [-0.2, 0) is 10.0 Å². The van der Waals surface area contributed by atoms with Crippen LogP contribution in [0.2, 0.25) is 5.02 Å². The highest BCUT2D eigenvalue weighted by atomic mass is 79.9. The molecule has 2 aromatic carbocycles. The maximum absolute atomic E-state index is 12.5. The molecule has 0 saturated heterocycles. The van der Waals surface area contributed by atoms with Crippen molar-refractivity contribution in [3.05, 3.63) is 52.0 Å². The highest BCUT2D eigenvalue weighted by Gasteiger charge is 2.19. The molecule has 0 bridgehead atoms. The molecule has 0 heterocycles. The third-order valence-electron chi connectivity index (χ3n) is 2.81. The molecule has 0 saturated carbocycles. The van der Waals surface area contributed by atoms with E-state index in [2.05, 4.69) is 20.7 Å². The number of halogens is 2. The summed E-state index contributed by atoms with van der Waals surface area (Å²) in [5.74, 6) is 0. The number of nitrogens with zero attached hydrogens (tertiary/aromatic N) is 1. The van der Waals surface area contributed by atoms with Gasteiger partial charge in [0.25, 0.3) is 10.0 Å². The van der Waals surface area contributed by atoms with Crippen LogP contribution < -0.4 is 9.62 Å². The number of sulfonamides is 1. The van der Waals surface area contributed by atoms with Gasteiger partial charge in [0, 0.05) is 18.6 Å². The van der Waals surface area contributed by atoms with Gasteiger partial charge in [0.2, 0.25) is 0 Å². The van der Waals surface area contributed by atoms with E-state index in [-0.39, 0.29) is 9.92 Å². The summed E-state index contributed by atoms with van der Waals surface area (Å²) in [6.45, 7) is 0. The van der Waals surface area contributed by atoms with Gasteiger partial charge in [0.15, 0.2) is 0 Å². The minimum Gasteiger partial charge on any atom is -0.376 e. The normalized spacial score (nSPS) is 11.2. The summed E-state index contributed by atoms with van der Waals surface area (Å²) in [6.07, 6.45) is 0. The summed E-state index contributed by atoms with van der Waals surface area (Å²) in [7, 11) is -0.0523. The maximum atomic E-state index is 12.5. The molecule has 21 heavy (non-hydrogen) atoms. The summed E-state index contributed by atoms with van der Waals surface area (Å²) in [6, 6.07) is 11.8. The molecule has 1 N–H and O–H groups in total. The topological polar surface area (TPSA) is 49.4 Å². The highest BCUT2D eigenvalue weighted by molar-refractivity contribution is 9.10. The molecule has 2 aromatic rings. The average Bonchev–Trinajstić information content (AvgIpc) is 2.37. The minimum atomic E-state index is -3.75. The van der Waals surface area contributed by atoms with Gasteiger partial charge in [0.05, 0.1) is 16.4 Å². The van der Waals surface area contributed by atoms with Crippen molar-refractivity contribution < 1.29 is 8.42 Å². The van der Waals surface area contributed by atoms with Gasteiger partial charge in [-0.2, -0.15) is 0 Å². The predicted octanol–water partition coefficient (Wildman–Crippen LogP) is 3.97. The summed E-state index contributed by atoms with van der Waals surface area (Å²) >= 11 is 9.28. The van der Waals surface area contributed by atoms with Crippen molar-refractivity contribution in [1.29, 1.82) is 0 Å². The van der Waals surface area contributed by atoms with Crippen molar-refractivity contribution in [3.63, 3.8) is 0 Å². The van der Waals surface area contributed by atoms with Crippen molar-refractivity contribution in [2.24, 2.45) is 0 Å². The zero-order chi connectivity index (χ0) is 15.6. The van der Waals surface area contributed by atoms with Crippen LogP contribution in [0.4, 0.5) is 11.4 Å². The molecular weight excluding hydrogens is 376 g/mol. The fourth-order valence-electron chi connectivity index (χ4n) is 1.84. The number of rotatable bonds is 4. The lowest BCUT2D eigenvalue weighted by Crippen LogP contribution is -2.17. The fourth-order valence-corrected chi connectivity index (χ4v) is 3.96. The van der Waals surface area contributed by atoms with Gasteiger partial charge >= 0.3 is 0 Å². The van der Waals surface area contributed by atoms with Crippen molar-refractivity contribution in [1.82, 2.24) is 0 Å². The number of anilines is 2. The van der Waals surface area contributed by atoms with Gasteiger partial charge in [-0.15, -0.1) is 0 Å². The Hall–Kier alpha value is -1.24. The molecule has 0 aliphatic heterocycles. The number of nitrogens with one attached hydrogen (secondary N) is 1. The summed E-state index contributed by atoms with van der Waals surface area (Å²) < 4.78 is 28.3. The Morgan fingerprint density at radius 1 is 1.14 bits per heavy atom. The van der Waals surface area contributed by atoms with E-state index < -0.39 is 10.0 Å². The lowest BCUT2D eigenvalue weighted by molar-refractivity contribution is 0.601. The van der Waals surface area contributed by atoms with Gasteiger partial charge in [-0.3, -0.25) is 4.72 Å². The fraction of sp³-hybridized carbons (Fsp3) is 0.143. The van der Waals surface area contributed by atoms with Gasteiger partial charge in [-0.1, -0.05) is 39.7 Å². The second kappa shape index (κ2) is 6.25. The monoisotopic (exact) mass is 388 g/mol. The highest BCUT2D eigenvalue weighted by Crippen LogP contribution is 2.30. The second-order valence-corrected chi connectivity index (χ2v) is 7.57. The lowest BCUT2D eigenvalue weighted by Gasteiger charge is -2.18. The van der Waals surface area contributed by atoms with Crippen molar-refractivity contribution in [2.75, 3.05) is 23.7 Å². The summed E-state index contributed by atoms with van der Waals surface area (Å²) in [5, 5.41) is 0.166.